The molecule has 5 nitrogen and oxygen atoms in total. The molecule has 0 saturated carbocycles. The smallest absolute Gasteiger partial charge is 0.309 e. The molecular formula is C19H28N2O3. The number of benzene rings is 1. The molecule has 1 aromatic rings. The van der Waals surface area contributed by atoms with E-state index in [1.807, 2.05) is 13.8 Å². The van der Waals surface area contributed by atoms with E-state index in [4.69, 9.17) is 4.74 Å². The van der Waals surface area contributed by atoms with Crippen LogP contribution in [0.3, 0.4) is 0 Å². The van der Waals surface area contributed by atoms with Gasteiger partial charge in [0.15, 0.2) is 0 Å². The van der Waals surface area contributed by atoms with Crippen LogP contribution in [0.15, 0.2) is 18.2 Å². The van der Waals surface area contributed by atoms with Gasteiger partial charge in [-0.3, -0.25) is 9.59 Å². The fraction of sp³-hybridized carbons (Fsp3) is 0.579. The second-order valence-corrected chi connectivity index (χ2v) is 6.24. The molecule has 5 heteroatoms. The van der Waals surface area contributed by atoms with Crippen LogP contribution in [0.1, 0.15) is 55.8 Å². The SMILES string of the molecule is CCOCCCNC(=O)C(=O)NC(C)c1ccc2c(c1)CCCC2. The predicted octanol–water partition coefficient (Wildman–Crippen LogP) is 2.29. The molecular weight excluding hydrogens is 304 g/mol. The molecule has 1 unspecified atom stereocenters. The average Bonchev–Trinajstić information content (AvgIpc) is 2.60. The number of aryl methyl sites for hydroxylation is 2. The predicted molar refractivity (Wildman–Crippen MR) is 93.8 cm³/mol. The van der Waals surface area contributed by atoms with E-state index < -0.39 is 11.8 Å². The summed E-state index contributed by atoms with van der Waals surface area (Å²) in [4.78, 5) is 23.8. The van der Waals surface area contributed by atoms with Gasteiger partial charge in [0.05, 0.1) is 6.04 Å². The Morgan fingerprint density at radius 1 is 1.17 bits per heavy atom. The van der Waals surface area contributed by atoms with Gasteiger partial charge in [0.25, 0.3) is 0 Å². The summed E-state index contributed by atoms with van der Waals surface area (Å²) in [5.74, 6) is -1.17. The van der Waals surface area contributed by atoms with Crippen LogP contribution in [0, 0.1) is 0 Å². The summed E-state index contributed by atoms with van der Waals surface area (Å²) in [7, 11) is 0. The maximum absolute atomic E-state index is 12.0. The molecule has 0 heterocycles. The van der Waals surface area contributed by atoms with Gasteiger partial charge in [-0.2, -0.15) is 0 Å². The highest BCUT2D eigenvalue weighted by Gasteiger charge is 2.18. The van der Waals surface area contributed by atoms with Gasteiger partial charge in [-0.15, -0.1) is 0 Å². The second kappa shape index (κ2) is 9.42. The molecule has 2 rings (SSSR count). The number of carbonyl (C=O) groups is 2. The first kappa shape index (κ1) is 18.5. The first-order chi connectivity index (χ1) is 11.6. The lowest BCUT2D eigenvalue weighted by molar-refractivity contribution is -0.139. The molecule has 1 aliphatic rings. The minimum Gasteiger partial charge on any atom is -0.382 e. The molecule has 2 amide bonds. The average molecular weight is 332 g/mol. The van der Waals surface area contributed by atoms with Gasteiger partial charge in [-0.25, -0.2) is 0 Å². The number of amides is 2. The molecule has 0 aromatic heterocycles. The van der Waals surface area contributed by atoms with Crippen molar-refractivity contribution >= 4 is 11.8 Å². The van der Waals surface area contributed by atoms with Crippen LogP contribution in [0.2, 0.25) is 0 Å². The molecule has 132 valence electrons. The van der Waals surface area contributed by atoms with Crippen LogP contribution in [0.5, 0.6) is 0 Å². The van der Waals surface area contributed by atoms with Crippen molar-refractivity contribution in [3.63, 3.8) is 0 Å². The van der Waals surface area contributed by atoms with Crippen molar-refractivity contribution in [2.75, 3.05) is 19.8 Å². The van der Waals surface area contributed by atoms with Crippen molar-refractivity contribution in [3.8, 4) is 0 Å². The normalized spacial score (nSPS) is 14.6. The summed E-state index contributed by atoms with van der Waals surface area (Å²) in [6, 6.07) is 6.19. The van der Waals surface area contributed by atoms with Crippen molar-refractivity contribution in [2.45, 2.75) is 52.0 Å². The highest BCUT2D eigenvalue weighted by atomic mass is 16.5. The van der Waals surface area contributed by atoms with E-state index in [1.165, 1.54) is 24.0 Å². The lowest BCUT2D eigenvalue weighted by atomic mass is 9.89. The topological polar surface area (TPSA) is 67.4 Å². The molecule has 24 heavy (non-hydrogen) atoms. The Labute approximate surface area is 144 Å². The zero-order valence-electron chi connectivity index (χ0n) is 14.7. The minimum absolute atomic E-state index is 0.182. The zero-order chi connectivity index (χ0) is 17.4. The summed E-state index contributed by atoms with van der Waals surface area (Å²) in [5.41, 5.74) is 3.84. The lowest BCUT2D eigenvalue weighted by Gasteiger charge is -2.20. The van der Waals surface area contributed by atoms with Crippen LogP contribution in [0.4, 0.5) is 0 Å². The molecule has 0 aliphatic heterocycles. The van der Waals surface area contributed by atoms with Gasteiger partial charge in [0.2, 0.25) is 0 Å². The lowest BCUT2D eigenvalue weighted by Crippen LogP contribution is -2.41. The molecule has 0 bridgehead atoms. The first-order valence-corrected chi connectivity index (χ1v) is 8.90. The highest BCUT2D eigenvalue weighted by molar-refractivity contribution is 6.35. The fourth-order valence-corrected chi connectivity index (χ4v) is 2.97. The number of fused-ring (bicyclic) bond motifs is 1. The first-order valence-electron chi connectivity index (χ1n) is 8.90. The number of nitrogens with one attached hydrogen (secondary N) is 2. The van der Waals surface area contributed by atoms with Crippen LogP contribution in [-0.4, -0.2) is 31.6 Å². The third-order valence-corrected chi connectivity index (χ3v) is 4.38. The molecule has 0 fully saturated rings. The summed E-state index contributed by atoms with van der Waals surface area (Å²) in [6.07, 6.45) is 5.42. The van der Waals surface area contributed by atoms with Gasteiger partial charge < -0.3 is 15.4 Å². The molecule has 0 spiro atoms. The van der Waals surface area contributed by atoms with E-state index in [0.29, 0.717) is 26.2 Å². The highest BCUT2D eigenvalue weighted by Crippen LogP contribution is 2.24. The maximum atomic E-state index is 12.0. The summed E-state index contributed by atoms with van der Waals surface area (Å²) < 4.78 is 5.19. The third-order valence-electron chi connectivity index (χ3n) is 4.38. The molecule has 2 N–H and O–H groups in total. The fourth-order valence-electron chi connectivity index (χ4n) is 2.97. The van der Waals surface area contributed by atoms with Gasteiger partial charge in [0.1, 0.15) is 0 Å². The van der Waals surface area contributed by atoms with Crippen molar-refractivity contribution in [2.24, 2.45) is 0 Å². The Hall–Kier alpha value is -1.88. The summed E-state index contributed by atoms with van der Waals surface area (Å²) in [5, 5.41) is 5.39. The van der Waals surface area contributed by atoms with Crippen LogP contribution < -0.4 is 10.6 Å². The number of carbonyl (C=O) groups excluding carboxylic acids is 2. The molecule has 0 radical (unpaired) electrons. The quantitative estimate of drug-likeness (QED) is 0.595. The van der Waals surface area contributed by atoms with E-state index in [2.05, 4.69) is 28.8 Å². The minimum atomic E-state index is -0.587. The molecule has 1 aliphatic carbocycles. The Morgan fingerprint density at radius 2 is 1.92 bits per heavy atom. The molecule has 1 aromatic carbocycles. The van der Waals surface area contributed by atoms with Crippen molar-refractivity contribution < 1.29 is 14.3 Å². The molecule has 0 saturated heterocycles. The zero-order valence-corrected chi connectivity index (χ0v) is 14.7. The van der Waals surface area contributed by atoms with Crippen LogP contribution in [-0.2, 0) is 27.2 Å². The van der Waals surface area contributed by atoms with Crippen molar-refractivity contribution in [1.82, 2.24) is 10.6 Å². The number of ether oxygens (including phenoxy) is 1. The maximum Gasteiger partial charge on any atom is 0.309 e. The van der Waals surface area contributed by atoms with Gasteiger partial charge in [-0.1, -0.05) is 18.2 Å². The summed E-state index contributed by atoms with van der Waals surface area (Å²) >= 11 is 0. The van der Waals surface area contributed by atoms with Gasteiger partial charge >= 0.3 is 11.8 Å². The van der Waals surface area contributed by atoms with Crippen molar-refractivity contribution in [3.05, 3.63) is 34.9 Å². The Morgan fingerprint density at radius 3 is 2.67 bits per heavy atom. The largest absolute Gasteiger partial charge is 0.382 e. The summed E-state index contributed by atoms with van der Waals surface area (Å²) in [6.45, 7) is 5.52. The van der Waals surface area contributed by atoms with E-state index >= 15 is 0 Å². The Balaban J connectivity index is 1.81. The number of hydrogen-bond donors (Lipinski definition) is 2. The van der Waals surface area contributed by atoms with Gasteiger partial charge in [-0.05, 0) is 62.6 Å². The standard InChI is InChI=1S/C19H28N2O3/c1-3-24-12-6-11-20-18(22)19(23)21-14(2)16-10-9-15-7-4-5-8-17(15)13-16/h9-10,13-14H,3-8,11-12H2,1-2H3,(H,20,22)(H,21,23). The number of rotatable bonds is 7. The third kappa shape index (κ3) is 5.34. The Kier molecular flexibility index (Phi) is 7.25. The second-order valence-electron chi connectivity index (χ2n) is 6.24. The van der Waals surface area contributed by atoms with Crippen LogP contribution in [0.25, 0.3) is 0 Å². The van der Waals surface area contributed by atoms with E-state index in [1.54, 1.807) is 0 Å². The number of hydrogen-bond acceptors (Lipinski definition) is 3. The van der Waals surface area contributed by atoms with Gasteiger partial charge in [0, 0.05) is 19.8 Å². The van der Waals surface area contributed by atoms with Crippen LogP contribution >= 0.6 is 0 Å². The van der Waals surface area contributed by atoms with E-state index in [-0.39, 0.29) is 6.04 Å². The Bertz CT molecular complexity index is 572. The van der Waals surface area contributed by atoms with Crippen molar-refractivity contribution in [1.29, 1.82) is 0 Å². The van der Waals surface area contributed by atoms with E-state index in [0.717, 1.165) is 18.4 Å². The monoisotopic (exact) mass is 332 g/mol. The molecule has 1 atom stereocenters. The van der Waals surface area contributed by atoms with E-state index in [9.17, 15) is 9.59 Å².